The van der Waals surface area contributed by atoms with Crippen LogP contribution in [0.2, 0.25) is 0 Å². The highest BCUT2D eigenvalue weighted by atomic mass is 19.1. The molecule has 3 rings (SSSR count). The van der Waals surface area contributed by atoms with Gasteiger partial charge in [-0.05, 0) is 71.9 Å². The molecule has 0 saturated carbocycles. The van der Waals surface area contributed by atoms with Gasteiger partial charge in [0.1, 0.15) is 11.8 Å². The van der Waals surface area contributed by atoms with Gasteiger partial charge in [-0.2, -0.15) is 5.10 Å². The van der Waals surface area contributed by atoms with Crippen LogP contribution in [0.4, 0.5) is 13.6 Å². The van der Waals surface area contributed by atoms with E-state index in [1.54, 1.807) is 11.9 Å². The molecule has 1 aliphatic carbocycles. The Hall–Kier alpha value is -2.00. The standard InChI is InChI=1S/C26H42F2N4O3/c1-25(2,3)35-24(33)31(5)14-13-30(4)16-21-17-32(22-8-6-7-15-34-22)29-23(21)20-9-11-26(18-27,19-28)12-10-20/h9,17,22H,6-8,10-16,18-19H2,1-5H3. The van der Waals surface area contributed by atoms with Crippen LogP contribution in [0.3, 0.4) is 0 Å². The number of nitrogens with zero attached hydrogens (tertiary/aromatic N) is 4. The fourth-order valence-corrected chi connectivity index (χ4v) is 4.45. The van der Waals surface area contributed by atoms with E-state index in [0.29, 0.717) is 38.9 Å². The summed E-state index contributed by atoms with van der Waals surface area (Å²) in [7, 11) is 3.74. The third-order valence-electron chi connectivity index (χ3n) is 6.80. The molecule has 1 amide bonds. The van der Waals surface area contributed by atoms with E-state index in [1.165, 1.54) is 0 Å². The zero-order valence-electron chi connectivity index (χ0n) is 22.0. The molecule has 2 aliphatic rings. The van der Waals surface area contributed by atoms with Crippen LogP contribution in [0, 0.1) is 5.41 Å². The topological polar surface area (TPSA) is 59.8 Å². The van der Waals surface area contributed by atoms with Crippen molar-refractivity contribution >= 4 is 11.7 Å². The molecule has 1 aromatic rings. The lowest BCUT2D eigenvalue weighted by Gasteiger charge is -2.31. The van der Waals surface area contributed by atoms with Gasteiger partial charge in [-0.15, -0.1) is 0 Å². The number of halogens is 2. The van der Waals surface area contributed by atoms with Crippen LogP contribution in [-0.4, -0.2) is 78.4 Å². The number of ether oxygens (including phenoxy) is 2. The van der Waals surface area contributed by atoms with Crippen LogP contribution in [-0.2, 0) is 16.0 Å². The molecule has 1 aliphatic heterocycles. The SMILES string of the molecule is CN(CCN(C)C(=O)OC(C)(C)C)Cc1cn(C2CCCCO2)nc1C1=CCC(CF)(CF)CC1. The van der Waals surface area contributed by atoms with E-state index >= 15 is 0 Å². The average molecular weight is 497 g/mol. The molecule has 198 valence electrons. The number of amides is 1. The Bertz CT molecular complexity index is 870. The van der Waals surface area contributed by atoms with Gasteiger partial charge in [0, 0.05) is 50.5 Å². The minimum atomic E-state index is -0.887. The van der Waals surface area contributed by atoms with E-state index in [2.05, 4.69) is 4.90 Å². The lowest BCUT2D eigenvalue weighted by Crippen LogP contribution is -2.38. The highest BCUT2D eigenvalue weighted by molar-refractivity contribution is 5.67. The van der Waals surface area contributed by atoms with E-state index in [4.69, 9.17) is 14.6 Å². The van der Waals surface area contributed by atoms with E-state index in [1.807, 2.05) is 44.8 Å². The largest absolute Gasteiger partial charge is 0.444 e. The van der Waals surface area contributed by atoms with Crippen LogP contribution < -0.4 is 0 Å². The second kappa shape index (κ2) is 11.8. The molecule has 35 heavy (non-hydrogen) atoms. The molecule has 0 bridgehead atoms. The Morgan fingerprint density at radius 1 is 1.26 bits per heavy atom. The number of carbonyl (C=O) groups is 1. The lowest BCUT2D eigenvalue weighted by atomic mass is 9.76. The van der Waals surface area contributed by atoms with Gasteiger partial charge in [0.15, 0.2) is 0 Å². The van der Waals surface area contributed by atoms with Gasteiger partial charge in [-0.1, -0.05) is 6.08 Å². The summed E-state index contributed by atoms with van der Waals surface area (Å²) in [6, 6.07) is 0. The highest BCUT2D eigenvalue weighted by Gasteiger charge is 2.34. The fourth-order valence-electron chi connectivity index (χ4n) is 4.45. The maximum atomic E-state index is 13.5. The van der Waals surface area contributed by atoms with E-state index in [9.17, 15) is 13.6 Å². The second-order valence-electron chi connectivity index (χ2n) is 11.1. The van der Waals surface area contributed by atoms with Gasteiger partial charge in [-0.25, -0.2) is 9.48 Å². The van der Waals surface area contributed by atoms with E-state index in [0.717, 1.165) is 42.7 Å². The first-order valence-electron chi connectivity index (χ1n) is 12.7. The number of carbonyl (C=O) groups excluding carboxylic acids is 1. The molecule has 2 heterocycles. The van der Waals surface area contributed by atoms with Gasteiger partial charge in [0.2, 0.25) is 0 Å². The van der Waals surface area contributed by atoms with Crippen LogP contribution in [0.25, 0.3) is 5.57 Å². The van der Waals surface area contributed by atoms with Gasteiger partial charge < -0.3 is 19.3 Å². The molecule has 0 radical (unpaired) electrons. The van der Waals surface area contributed by atoms with Crippen molar-refractivity contribution in [2.45, 2.75) is 77.7 Å². The quantitative estimate of drug-likeness (QED) is 0.460. The maximum Gasteiger partial charge on any atom is 0.410 e. The van der Waals surface area contributed by atoms with Crippen molar-refractivity contribution in [1.29, 1.82) is 0 Å². The molecular formula is C26H42F2N4O3. The van der Waals surface area contributed by atoms with Gasteiger partial charge in [0.05, 0.1) is 19.0 Å². The van der Waals surface area contributed by atoms with Crippen molar-refractivity contribution in [3.63, 3.8) is 0 Å². The lowest BCUT2D eigenvalue weighted by molar-refractivity contribution is -0.0396. The normalized spacial score (nSPS) is 20.6. The second-order valence-corrected chi connectivity index (χ2v) is 11.1. The molecule has 0 N–H and O–H groups in total. The van der Waals surface area contributed by atoms with Crippen LogP contribution >= 0.6 is 0 Å². The van der Waals surface area contributed by atoms with Crippen LogP contribution in [0.1, 0.15) is 76.8 Å². The molecular weight excluding hydrogens is 454 g/mol. The summed E-state index contributed by atoms with van der Waals surface area (Å²) in [5.41, 5.74) is 1.57. The zero-order valence-corrected chi connectivity index (χ0v) is 22.0. The predicted molar refractivity (Wildman–Crippen MR) is 132 cm³/mol. The van der Waals surface area contributed by atoms with Gasteiger partial charge in [-0.3, -0.25) is 8.78 Å². The summed E-state index contributed by atoms with van der Waals surface area (Å²) < 4.78 is 40.3. The van der Waals surface area contributed by atoms with Crippen molar-refractivity contribution in [3.8, 4) is 0 Å². The molecule has 1 aromatic heterocycles. The Balaban J connectivity index is 1.72. The number of rotatable bonds is 9. The molecule has 1 unspecified atom stereocenters. The Morgan fingerprint density at radius 3 is 2.57 bits per heavy atom. The molecule has 9 heteroatoms. The summed E-state index contributed by atoms with van der Waals surface area (Å²) in [4.78, 5) is 16.0. The first-order valence-corrected chi connectivity index (χ1v) is 12.7. The molecule has 7 nitrogen and oxygen atoms in total. The minimum absolute atomic E-state index is 0.0835. The van der Waals surface area contributed by atoms with Crippen molar-refractivity contribution in [3.05, 3.63) is 23.5 Å². The Labute approximate surface area is 208 Å². The minimum Gasteiger partial charge on any atom is -0.444 e. The molecule has 1 atom stereocenters. The number of aromatic nitrogens is 2. The highest BCUT2D eigenvalue weighted by Crippen LogP contribution is 2.40. The van der Waals surface area contributed by atoms with Crippen LogP contribution in [0.5, 0.6) is 0 Å². The predicted octanol–water partition coefficient (Wildman–Crippen LogP) is 5.37. The molecule has 1 saturated heterocycles. The smallest absolute Gasteiger partial charge is 0.410 e. The third kappa shape index (κ3) is 7.49. The first-order chi connectivity index (χ1) is 16.6. The number of alkyl halides is 2. The van der Waals surface area contributed by atoms with Gasteiger partial charge >= 0.3 is 6.09 Å². The summed E-state index contributed by atoms with van der Waals surface area (Å²) in [5.74, 6) is 0. The molecule has 0 aromatic carbocycles. The van der Waals surface area contributed by atoms with Crippen LogP contribution in [0.15, 0.2) is 12.3 Å². The van der Waals surface area contributed by atoms with Crippen molar-refractivity contribution in [2.75, 3.05) is 47.1 Å². The van der Waals surface area contributed by atoms with Gasteiger partial charge in [0.25, 0.3) is 0 Å². The van der Waals surface area contributed by atoms with Crippen molar-refractivity contribution in [2.24, 2.45) is 5.41 Å². The fraction of sp³-hybridized carbons (Fsp3) is 0.769. The third-order valence-corrected chi connectivity index (χ3v) is 6.80. The maximum absolute atomic E-state index is 13.5. The first kappa shape index (κ1) is 27.6. The zero-order chi connectivity index (χ0) is 25.6. The Morgan fingerprint density at radius 2 is 2.00 bits per heavy atom. The summed E-state index contributed by atoms with van der Waals surface area (Å²) in [6.07, 6.45) is 8.15. The van der Waals surface area contributed by atoms with E-state index in [-0.39, 0.29) is 12.3 Å². The monoisotopic (exact) mass is 496 g/mol. The summed E-state index contributed by atoms with van der Waals surface area (Å²) in [5, 5.41) is 4.90. The van der Waals surface area contributed by atoms with Crippen molar-refractivity contribution < 1.29 is 23.0 Å². The molecule has 1 fully saturated rings. The average Bonchev–Trinajstić information content (AvgIpc) is 3.25. The number of allylic oxidation sites excluding steroid dienone is 2. The number of hydrogen-bond donors (Lipinski definition) is 0. The summed E-state index contributed by atoms with van der Waals surface area (Å²) in [6.45, 7) is 6.83. The van der Waals surface area contributed by atoms with Crippen molar-refractivity contribution in [1.82, 2.24) is 19.6 Å². The summed E-state index contributed by atoms with van der Waals surface area (Å²) >= 11 is 0. The number of hydrogen-bond acceptors (Lipinski definition) is 5. The molecule has 0 spiro atoms. The number of likely N-dealkylation sites (N-methyl/N-ethyl adjacent to an activating group) is 2. The Kier molecular flexibility index (Phi) is 9.32. The van der Waals surface area contributed by atoms with E-state index < -0.39 is 24.4 Å².